The molecule has 2 aromatic rings. The van der Waals surface area contributed by atoms with E-state index in [0.717, 1.165) is 5.39 Å². The summed E-state index contributed by atoms with van der Waals surface area (Å²) in [6.07, 6.45) is 0. The van der Waals surface area contributed by atoms with Gasteiger partial charge in [0.25, 0.3) is 0 Å². The fraction of sp³-hybridized carbons (Fsp3) is 0. The Labute approximate surface area is 86.9 Å². The Morgan fingerprint density at radius 2 is 2.08 bits per heavy atom. The summed E-state index contributed by atoms with van der Waals surface area (Å²) >= 11 is 8.82. The first-order valence-corrected chi connectivity index (χ1v) is 4.62. The van der Waals surface area contributed by atoms with Gasteiger partial charge in [-0.25, -0.2) is 14.4 Å². The molecule has 0 spiro atoms. The van der Waals surface area contributed by atoms with E-state index < -0.39 is 0 Å². The predicted octanol–water partition coefficient (Wildman–Crippen LogP) is 3.18. The van der Waals surface area contributed by atoms with Crippen LogP contribution in [0.3, 0.4) is 0 Å². The van der Waals surface area contributed by atoms with Crippen molar-refractivity contribution in [1.29, 1.82) is 0 Å². The van der Waals surface area contributed by atoms with Gasteiger partial charge in [-0.05, 0) is 39.7 Å². The molecule has 1 aromatic carbocycles. The van der Waals surface area contributed by atoms with E-state index in [1.807, 2.05) is 0 Å². The van der Waals surface area contributed by atoms with Gasteiger partial charge in [-0.2, -0.15) is 0 Å². The standard InChI is InChI=1S/C8H3BrClFN2/c9-7-5-2-1-4(11)3-6(5)12-8(10)13-7/h1-3H. The van der Waals surface area contributed by atoms with Gasteiger partial charge in [-0.15, -0.1) is 0 Å². The van der Waals surface area contributed by atoms with Crippen molar-refractivity contribution in [1.82, 2.24) is 9.97 Å². The highest BCUT2D eigenvalue weighted by atomic mass is 79.9. The summed E-state index contributed by atoms with van der Waals surface area (Å²) < 4.78 is 13.4. The van der Waals surface area contributed by atoms with E-state index in [-0.39, 0.29) is 11.1 Å². The summed E-state index contributed by atoms with van der Waals surface area (Å²) in [4.78, 5) is 7.76. The third-order valence-corrected chi connectivity index (χ3v) is 2.36. The van der Waals surface area contributed by atoms with E-state index in [2.05, 4.69) is 25.9 Å². The maximum atomic E-state index is 12.8. The van der Waals surface area contributed by atoms with Gasteiger partial charge in [0.05, 0.1) is 5.52 Å². The zero-order valence-corrected chi connectivity index (χ0v) is 8.60. The lowest BCUT2D eigenvalue weighted by molar-refractivity contribution is 0.629. The molecule has 0 aliphatic carbocycles. The molecule has 0 bridgehead atoms. The molecule has 0 aliphatic heterocycles. The van der Waals surface area contributed by atoms with Crippen LogP contribution in [-0.2, 0) is 0 Å². The maximum Gasteiger partial charge on any atom is 0.224 e. The fourth-order valence-electron chi connectivity index (χ4n) is 1.04. The molecule has 1 heterocycles. The third-order valence-electron chi connectivity index (χ3n) is 1.59. The molecule has 0 fully saturated rings. The van der Waals surface area contributed by atoms with Gasteiger partial charge in [0.15, 0.2) is 0 Å². The van der Waals surface area contributed by atoms with Crippen LogP contribution in [0, 0.1) is 5.82 Å². The zero-order chi connectivity index (χ0) is 9.42. The van der Waals surface area contributed by atoms with Crippen molar-refractivity contribution in [2.45, 2.75) is 0 Å². The lowest BCUT2D eigenvalue weighted by atomic mass is 10.2. The molecule has 2 nitrogen and oxygen atoms in total. The zero-order valence-electron chi connectivity index (χ0n) is 6.26. The Kier molecular flexibility index (Phi) is 2.17. The normalized spacial score (nSPS) is 10.7. The number of rotatable bonds is 0. The first-order valence-electron chi connectivity index (χ1n) is 3.45. The molecule has 1 aromatic heterocycles. The molecule has 0 unspecified atom stereocenters. The quantitative estimate of drug-likeness (QED) is 0.538. The molecule has 0 radical (unpaired) electrons. The minimum atomic E-state index is -0.339. The smallest absolute Gasteiger partial charge is 0.218 e. The summed E-state index contributed by atoms with van der Waals surface area (Å²) in [6, 6.07) is 4.27. The van der Waals surface area contributed by atoms with E-state index in [4.69, 9.17) is 11.6 Å². The Bertz CT molecular complexity index is 470. The van der Waals surface area contributed by atoms with E-state index in [1.54, 1.807) is 6.07 Å². The highest BCUT2D eigenvalue weighted by Crippen LogP contribution is 2.22. The Morgan fingerprint density at radius 3 is 2.85 bits per heavy atom. The molecule has 66 valence electrons. The lowest BCUT2D eigenvalue weighted by Crippen LogP contribution is -1.87. The van der Waals surface area contributed by atoms with Crippen molar-refractivity contribution < 1.29 is 4.39 Å². The number of hydrogen-bond donors (Lipinski definition) is 0. The number of nitrogens with zero attached hydrogens (tertiary/aromatic N) is 2. The van der Waals surface area contributed by atoms with Crippen LogP contribution in [0.1, 0.15) is 0 Å². The molecule has 5 heteroatoms. The highest BCUT2D eigenvalue weighted by molar-refractivity contribution is 9.10. The average molecular weight is 261 g/mol. The Balaban J connectivity index is 2.86. The fourth-order valence-corrected chi connectivity index (χ4v) is 1.82. The molecule has 0 aliphatic rings. The Hall–Kier alpha value is -0.740. The van der Waals surface area contributed by atoms with Crippen LogP contribution < -0.4 is 0 Å². The lowest BCUT2D eigenvalue weighted by Gasteiger charge is -1.99. The first kappa shape index (κ1) is 8.84. The molecule has 13 heavy (non-hydrogen) atoms. The maximum absolute atomic E-state index is 12.8. The number of halogens is 3. The SMILES string of the molecule is Fc1ccc2c(Br)nc(Cl)nc2c1. The summed E-state index contributed by atoms with van der Waals surface area (Å²) in [5.74, 6) is -0.339. The predicted molar refractivity (Wildman–Crippen MR) is 52.2 cm³/mol. The van der Waals surface area contributed by atoms with Crippen molar-refractivity contribution in [3.63, 3.8) is 0 Å². The molecule has 0 saturated carbocycles. The number of hydrogen-bond acceptors (Lipinski definition) is 2. The van der Waals surface area contributed by atoms with Crippen LogP contribution in [0.15, 0.2) is 22.8 Å². The van der Waals surface area contributed by atoms with Crippen LogP contribution in [0.25, 0.3) is 10.9 Å². The number of fused-ring (bicyclic) bond motifs is 1. The van der Waals surface area contributed by atoms with E-state index >= 15 is 0 Å². The van der Waals surface area contributed by atoms with Crippen LogP contribution in [-0.4, -0.2) is 9.97 Å². The summed E-state index contributed by atoms with van der Waals surface area (Å²) in [7, 11) is 0. The minimum absolute atomic E-state index is 0.102. The summed E-state index contributed by atoms with van der Waals surface area (Å²) in [6.45, 7) is 0. The van der Waals surface area contributed by atoms with Crippen LogP contribution in [0.2, 0.25) is 5.28 Å². The van der Waals surface area contributed by atoms with Crippen molar-refractivity contribution in [3.8, 4) is 0 Å². The van der Waals surface area contributed by atoms with Crippen molar-refractivity contribution >= 4 is 38.4 Å². The van der Waals surface area contributed by atoms with Gasteiger partial charge in [0.2, 0.25) is 5.28 Å². The van der Waals surface area contributed by atoms with Crippen molar-refractivity contribution in [3.05, 3.63) is 33.9 Å². The monoisotopic (exact) mass is 260 g/mol. The molecule has 0 saturated heterocycles. The van der Waals surface area contributed by atoms with Gasteiger partial charge in [-0.1, -0.05) is 0 Å². The second kappa shape index (κ2) is 3.20. The molecule has 2 rings (SSSR count). The molecule has 0 amide bonds. The molecule has 0 N–H and O–H groups in total. The van der Waals surface area contributed by atoms with Crippen LogP contribution >= 0.6 is 27.5 Å². The van der Waals surface area contributed by atoms with Gasteiger partial charge >= 0.3 is 0 Å². The molecule has 0 atom stereocenters. The van der Waals surface area contributed by atoms with Gasteiger partial charge < -0.3 is 0 Å². The molecular formula is C8H3BrClFN2. The summed E-state index contributed by atoms with van der Waals surface area (Å²) in [5.41, 5.74) is 0.492. The summed E-state index contributed by atoms with van der Waals surface area (Å²) in [5, 5.41) is 0.843. The topological polar surface area (TPSA) is 25.8 Å². The number of benzene rings is 1. The molecular weight excluding hydrogens is 258 g/mol. The van der Waals surface area contributed by atoms with Crippen LogP contribution in [0.5, 0.6) is 0 Å². The van der Waals surface area contributed by atoms with Crippen LogP contribution in [0.4, 0.5) is 4.39 Å². The van der Waals surface area contributed by atoms with E-state index in [0.29, 0.717) is 10.1 Å². The van der Waals surface area contributed by atoms with Gasteiger partial charge in [0, 0.05) is 11.5 Å². The highest BCUT2D eigenvalue weighted by Gasteiger charge is 2.04. The minimum Gasteiger partial charge on any atom is -0.218 e. The largest absolute Gasteiger partial charge is 0.224 e. The van der Waals surface area contributed by atoms with Gasteiger partial charge in [-0.3, -0.25) is 0 Å². The van der Waals surface area contributed by atoms with E-state index in [9.17, 15) is 4.39 Å². The average Bonchev–Trinajstić information content (AvgIpc) is 2.02. The Morgan fingerprint density at radius 1 is 1.31 bits per heavy atom. The van der Waals surface area contributed by atoms with Gasteiger partial charge in [0.1, 0.15) is 10.4 Å². The number of aromatic nitrogens is 2. The first-order chi connectivity index (χ1) is 6.16. The third kappa shape index (κ3) is 1.64. The van der Waals surface area contributed by atoms with E-state index in [1.165, 1.54) is 12.1 Å². The second-order valence-electron chi connectivity index (χ2n) is 2.44. The van der Waals surface area contributed by atoms with Crippen molar-refractivity contribution in [2.75, 3.05) is 0 Å². The van der Waals surface area contributed by atoms with Crippen molar-refractivity contribution in [2.24, 2.45) is 0 Å². The second-order valence-corrected chi connectivity index (χ2v) is 3.53.